The Bertz CT molecular complexity index is 1020. The monoisotopic (exact) mass is 441 g/mol. The van der Waals surface area contributed by atoms with Crippen LogP contribution in [0.3, 0.4) is 0 Å². The number of thioether (sulfide) groups is 2. The number of carbonyl (C=O) groups is 1. The zero-order chi connectivity index (χ0) is 21.3. The largest absolute Gasteiger partial charge is 0.334 e. The number of hydrazone groups is 1. The highest BCUT2D eigenvalue weighted by Crippen LogP contribution is 2.25. The maximum absolute atomic E-state index is 12.3. The molecule has 3 aromatic rings. The highest BCUT2D eigenvalue weighted by molar-refractivity contribution is 7.99. The summed E-state index contributed by atoms with van der Waals surface area (Å²) >= 11 is 2.78. The number of hydrogen-bond donors (Lipinski definition) is 3. The molecule has 3 rings (SSSR count). The van der Waals surface area contributed by atoms with Crippen LogP contribution < -0.4 is 16.6 Å². The fourth-order valence-electron chi connectivity index (χ4n) is 2.61. The summed E-state index contributed by atoms with van der Waals surface area (Å²) in [4.78, 5) is 13.3. The smallest absolute Gasteiger partial charge is 0.264 e. The number of carbonyl (C=O) groups excluding carboxylic acids is 1. The van der Waals surface area contributed by atoms with Gasteiger partial charge in [-0.15, -0.1) is 22.0 Å². The molecule has 0 aliphatic heterocycles. The van der Waals surface area contributed by atoms with Gasteiger partial charge in [-0.3, -0.25) is 4.79 Å². The van der Waals surface area contributed by atoms with Crippen molar-refractivity contribution in [3.05, 3.63) is 60.2 Å². The van der Waals surface area contributed by atoms with Crippen molar-refractivity contribution in [1.82, 2.24) is 14.9 Å². The first kappa shape index (κ1) is 21.7. The van der Waals surface area contributed by atoms with Gasteiger partial charge >= 0.3 is 0 Å². The number of nitrogens with two attached hydrogens (primary N) is 1. The summed E-state index contributed by atoms with van der Waals surface area (Å²) in [5, 5.41) is 15.8. The fourth-order valence-corrected chi connectivity index (χ4v) is 3.82. The van der Waals surface area contributed by atoms with Gasteiger partial charge in [0.25, 0.3) is 5.95 Å². The molecule has 0 fully saturated rings. The van der Waals surface area contributed by atoms with Crippen molar-refractivity contribution < 1.29 is 4.79 Å². The molecule has 0 aliphatic rings. The summed E-state index contributed by atoms with van der Waals surface area (Å²) in [6.45, 7) is 2.02. The number of rotatable bonds is 9. The molecule has 1 amide bonds. The first-order valence-corrected chi connectivity index (χ1v) is 11.5. The topological polar surface area (TPSA) is 110 Å². The number of aromatic nitrogens is 3. The van der Waals surface area contributed by atoms with Crippen LogP contribution in [0.2, 0.25) is 0 Å². The molecule has 30 heavy (non-hydrogen) atoms. The number of anilines is 2. The Morgan fingerprint density at radius 2 is 1.87 bits per heavy atom. The van der Waals surface area contributed by atoms with E-state index in [4.69, 9.17) is 5.84 Å². The van der Waals surface area contributed by atoms with Gasteiger partial charge in [-0.05, 0) is 30.4 Å². The van der Waals surface area contributed by atoms with Crippen molar-refractivity contribution in [2.24, 2.45) is 5.10 Å². The van der Waals surface area contributed by atoms with E-state index in [2.05, 4.69) is 26.0 Å². The second-order valence-electron chi connectivity index (χ2n) is 6.10. The average Bonchev–Trinajstić information content (AvgIpc) is 3.13. The lowest BCUT2D eigenvalue weighted by atomic mass is 10.1. The van der Waals surface area contributed by atoms with Crippen LogP contribution >= 0.6 is 23.5 Å². The van der Waals surface area contributed by atoms with Crippen LogP contribution in [0.1, 0.15) is 18.9 Å². The van der Waals surface area contributed by atoms with Gasteiger partial charge in [0.15, 0.2) is 0 Å². The van der Waals surface area contributed by atoms with Crippen LogP contribution in [0.15, 0.2) is 69.8 Å². The normalized spacial score (nSPS) is 11.3. The quantitative estimate of drug-likeness (QED) is 0.201. The Morgan fingerprint density at radius 3 is 2.60 bits per heavy atom. The van der Waals surface area contributed by atoms with E-state index in [0.717, 1.165) is 28.3 Å². The average molecular weight is 442 g/mol. The highest BCUT2D eigenvalue weighted by atomic mass is 32.2. The Kier molecular flexibility index (Phi) is 7.75. The maximum Gasteiger partial charge on any atom is 0.264 e. The number of nitrogens with one attached hydrogen (secondary N) is 2. The molecule has 0 atom stereocenters. The molecule has 10 heteroatoms. The van der Waals surface area contributed by atoms with Crippen LogP contribution in [-0.4, -0.2) is 38.5 Å². The second kappa shape index (κ2) is 10.7. The highest BCUT2D eigenvalue weighted by Gasteiger charge is 2.13. The molecule has 2 aromatic carbocycles. The third-order valence-corrected chi connectivity index (χ3v) is 5.85. The fraction of sp³-hybridized carbons (Fsp3) is 0.200. The number of nitrogens with zero attached hydrogens (tertiary/aromatic N) is 4. The summed E-state index contributed by atoms with van der Waals surface area (Å²) in [5.41, 5.74) is 5.54. The van der Waals surface area contributed by atoms with E-state index in [1.807, 2.05) is 67.8 Å². The number of benzene rings is 2. The van der Waals surface area contributed by atoms with E-state index in [1.54, 1.807) is 11.8 Å². The predicted molar refractivity (Wildman–Crippen MR) is 125 cm³/mol. The van der Waals surface area contributed by atoms with Crippen molar-refractivity contribution >= 4 is 46.8 Å². The van der Waals surface area contributed by atoms with Crippen LogP contribution in [-0.2, 0) is 4.79 Å². The van der Waals surface area contributed by atoms with E-state index in [-0.39, 0.29) is 11.7 Å². The predicted octanol–water partition coefficient (Wildman–Crippen LogP) is 3.67. The van der Waals surface area contributed by atoms with E-state index in [9.17, 15) is 4.79 Å². The van der Waals surface area contributed by atoms with Gasteiger partial charge in [-0.25, -0.2) is 10.1 Å². The molecular formula is C20H23N7OS2. The molecule has 0 spiro atoms. The molecule has 0 bridgehead atoms. The zero-order valence-corrected chi connectivity index (χ0v) is 18.3. The van der Waals surface area contributed by atoms with Gasteiger partial charge in [0.2, 0.25) is 11.1 Å². The standard InChI is InChI=1S/C20H23N7OS2/c1-3-15(14-9-5-4-6-10-14)23-24-19-25-26-20(27(19)21)30-13-18(28)22-16-11-7-8-12-17(16)29-2/h4-12H,3,13,21H2,1-2H3,(H,22,28)(H,24,25)/b23-15+. The van der Waals surface area contributed by atoms with E-state index >= 15 is 0 Å². The molecular weight excluding hydrogens is 418 g/mol. The molecule has 0 saturated carbocycles. The van der Waals surface area contributed by atoms with E-state index in [1.165, 1.54) is 16.4 Å². The maximum atomic E-state index is 12.3. The minimum atomic E-state index is -0.144. The van der Waals surface area contributed by atoms with Gasteiger partial charge < -0.3 is 11.2 Å². The first-order chi connectivity index (χ1) is 14.6. The van der Waals surface area contributed by atoms with Crippen LogP contribution in [0.25, 0.3) is 0 Å². The Morgan fingerprint density at radius 1 is 1.13 bits per heavy atom. The summed E-state index contributed by atoms with van der Waals surface area (Å²) in [6.07, 6.45) is 2.71. The Balaban J connectivity index is 1.60. The lowest BCUT2D eigenvalue weighted by Gasteiger charge is -2.09. The minimum absolute atomic E-state index is 0.144. The third-order valence-electron chi connectivity index (χ3n) is 4.11. The molecule has 156 valence electrons. The number of hydrogen-bond acceptors (Lipinski definition) is 8. The summed E-state index contributed by atoms with van der Waals surface area (Å²) in [6, 6.07) is 17.5. The van der Waals surface area contributed by atoms with Crippen molar-refractivity contribution in [2.45, 2.75) is 23.4 Å². The first-order valence-electron chi connectivity index (χ1n) is 9.26. The lowest BCUT2D eigenvalue weighted by molar-refractivity contribution is -0.113. The van der Waals surface area contributed by atoms with E-state index in [0.29, 0.717) is 11.1 Å². The van der Waals surface area contributed by atoms with Crippen LogP contribution in [0.5, 0.6) is 0 Å². The SMILES string of the molecule is CC/C(=N\Nc1nnc(SCC(=O)Nc2ccccc2SC)n1N)c1ccccc1. The van der Waals surface area contributed by atoms with Crippen LogP contribution in [0.4, 0.5) is 11.6 Å². The van der Waals surface area contributed by atoms with Gasteiger partial charge in [0.05, 0.1) is 17.2 Å². The molecule has 0 unspecified atom stereocenters. The molecule has 4 N–H and O–H groups in total. The van der Waals surface area contributed by atoms with E-state index < -0.39 is 0 Å². The van der Waals surface area contributed by atoms with Gasteiger partial charge in [-0.2, -0.15) is 5.10 Å². The number of nitrogen functional groups attached to an aromatic ring is 1. The summed E-state index contributed by atoms with van der Waals surface area (Å²) in [7, 11) is 0. The third kappa shape index (κ3) is 5.55. The van der Waals surface area contributed by atoms with Crippen molar-refractivity contribution in [1.29, 1.82) is 0 Å². The second-order valence-corrected chi connectivity index (χ2v) is 7.89. The van der Waals surface area contributed by atoms with Gasteiger partial charge in [0, 0.05) is 4.90 Å². The molecule has 1 heterocycles. The Labute approximate surface area is 183 Å². The van der Waals surface area contributed by atoms with Crippen molar-refractivity contribution in [2.75, 3.05) is 28.6 Å². The van der Waals surface area contributed by atoms with Crippen LogP contribution in [0, 0.1) is 0 Å². The molecule has 0 radical (unpaired) electrons. The molecule has 8 nitrogen and oxygen atoms in total. The van der Waals surface area contributed by atoms with Gasteiger partial charge in [-0.1, -0.05) is 61.2 Å². The summed E-state index contributed by atoms with van der Waals surface area (Å²) in [5.74, 6) is 6.37. The Hall–Kier alpha value is -2.98. The number of amides is 1. The van der Waals surface area contributed by atoms with Crippen molar-refractivity contribution in [3.63, 3.8) is 0 Å². The zero-order valence-electron chi connectivity index (χ0n) is 16.7. The minimum Gasteiger partial charge on any atom is -0.334 e. The van der Waals surface area contributed by atoms with Crippen molar-refractivity contribution in [3.8, 4) is 0 Å². The molecule has 0 aliphatic carbocycles. The summed E-state index contributed by atoms with van der Waals surface area (Å²) < 4.78 is 1.29. The lowest BCUT2D eigenvalue weighted by Crippen LogP contribution is -2.17. The number of para-hydroxylation sites is 1. The van der Waals surface area contributed by atoms with Gasteiger partial charge in [0.1, 0.15) is 0 Å². The molecule has 1 aromatic heterocycles. The molecule has 0 saturated heterocycles.